The van der Waals surface area contributed by atoms with Gasteiger partial charge in [0.05, 0.1) is 11.5 Å². The van der Waals surface area contributed by atoms with Crippen molar-refractivity contribution in [2.75, 3.05) is 6.61 Å². The van der Waals surface area contributed by atoms with E-state index >= 15 is 0 Å². The molecule has 0 aromatic heterocycles. The van der Waals surface area contributed by atoms with Crippen LogP contribution in [-0.4, -0.2) is 17.6 Å². The van der Waals surface area contributed by atoms with Crippen LogP contribution in [0.15, 0.2) is 18.2 Å². The summed E-state index contributed by atoms with van der Waals surface area (Å²) in [6, 6.07) is 5.45. The van der Waals surface area contributed by atoms with Gasteiger partial charge in [-0.3, -0.25) is 10.1 Å². The van der Waals surface area contributed by atoms with Crippen molar-refractivity contribution in [3.8, 4) is 5.75 Å². The molecule has 5 nitrogen and oxygen atoms in total. The Morgan fingerprint density at radius 2 is 2.05 bits per heavy atom. The predicted molar refractivity (Wildman–Crippen MR) is 84.7 cm³/mol. The fraction of sp³-hybridized carbons (Fsp3) is 0.625. The molecule has 0 unspecified atom stereocenters. The Balaban J connectivity index is 2.67. The highest BCUT2D eigenvalue weighted by molar-refractivity contribution is 5.48. The number of nitrogens with zero attached hydrogens (tertiary/aromatic N) is 1. The number of ether oxygens (including phenoxy) is 1. The summed E-state index contributed by atoms with van der Waals surface area (Å²) in [5, 5.41) is 14.3. The minimum Gasteiger partial charge on any atom is -0.487 e. The second-order valence-corrected chi connectivity index (χ2v) is 5.50. The van der Waals surface area contributed by atoms with Crippen LogP contribution in [0.1, 0.15) is 52.0 Å². The summed E-state index contributed by atoms with van der Waals surface area (Å²) in [6.45, 7) is 7.49. The van der Waals surface area contributed by atoms with Gasteiger partial charge in [-0.2, -0.15) is 0 Å². The highest BCUT2D eigenvalue weighted by Crippen LogP contribution is 2.28. The van der Waals surface area contributed by atoms with E-state index < -0.39 is 0 Å². The molecule has 1 N–H and O–H groups in total. The summed E-state index contributed by atoms with van der Waals surface area (Å²) in [5.74, 6) is 0.375. The van der Waals surface area contributed by atoms with Crippen molar-refractivity contribution in [2.45, 2.75) is 59.0 Å². The fourth-order valence-corrected chi connectivity index (χ4v) is 1.97. The van der Waals surface area contributed by atoms with E-state index in [1.165, 1.54) is 12.5 Å². The molecule has 0 heterocycles. The highest BCUT2D eigenvalue weighted by Gasteiger charge is 2.15. The molecule has 0 saturated heterocycles. The molecule has 118 valence electrons. The van der Waals surface area contributed by atoms with Crippen LogP contribution in [0.4, 0.5) is 5.69 Å². The number of unbranched alkanes of at least 4 members (excludes halogenated alkanes) is 3. The van der Waals surface area contributed by atoms with Crippen LogP contribution in [0.25, 0.3) is 0 Å². The molecule has 1 aromatic rings. The van der Waals surface area contributed by atoms with E-state index in [0.29, 0.717) is 24.9 Å². The molecule has 0 atom stereocenters. The van der Waals surface area contributed by atoms with Crippen LogP contribution in [0.2, 0.25) is 0 Å². The van der Waals surface area contributed by atoms with Gasteiger partial charge in [-0.05, 0) is 18.1 Å². The lowest BCUT2D eigenvalue weighted by atomic mass is 10.1. The van der Waals surface area contributed by atoms with Gasteiger partial charge in [0.1, 0.15) is 0 Å². The zero-order valence-corrected chi connectivity index (χ0v) is 13.2. The Bertz CT molecular complexity index is 447. The Morgan fingerprint density at radius 1 is 1.29 bits per heavy atom. The monoisotopic (exact) mass is 294 g/mol. The molecule has 0 bridgehead atoms. The van der Waals surface area contributed by atoms with Crippen molar-refractivity contribution in [2.24, 2.45) is 0 Å². The maximum atomic E-state index is 11.0. The van der Waals surface area contributed by atoms with Gasteiger partial charge in [-0.15, -0.1) is 0 Å². The minimum atomic E-state index is -0.388. The zero-order chi connectivity index (χ0) is 15.7. The number of hydrogen-bond acceptors (Lipinski definition) is 4. The average Bonchev–Trinajstić information content (AvgIpc) is 2.44. The largest absolute Gasteiger partial charge is 0.487 e. The lowest BCUT2D eigenvalue weighted by molar-refractivity contribution is -0.385. The van der Waals surface area contributed by atoms with Gasteiger partial charge >= 0.3 is 5.69 Å². The predicted octanol–water partition coefficient (Wildman–Crippen LogP) is 4.05. The Hall–Kier alpha value is -1.62. The van der Waals surface area contributed by atoms with Crippen molar-refractivity contribution < 1.29 is 9.66 Å². The van der Waals surface area contributed by atoms with E-state index in [2.05, 4.69) is 26.1 Å². The molecule has 0 spiro atoms. The summed E-state index contributed by atoms with van der Waals surface area (Å²) >= 11 is 0. The maximum Gasteiger partial charge on any atom is 0.310 e. The second kappa shape index (κ2) is 9.34. The van der Waals surface area contributed by atoms with Crippen LogP contribution in [0.5, 0.6) is 5.75 Å². The Kier molecular flexibility index (Phi) is 7.75. The normalized spacial score (nSPS) is 10.9. The summed E-state index contributed by atoms with van der Waals surface area (Å²) in [5.41, 5.74) is 1.04. The number of hydrogen-bond donors (Lipinski definition) is 1. The lowest BCUT2D eigenvalue weighted by Crippen LogP contribution is -2.21. The molecular weight excluding hydrogens is 268 g/mol. The molecule has 1 rings (SSSR count). The maximum absolute atomic E-state index is 11.0. The smallest absolute Gasteiger partial charge is 0.310 e. The van der Waals surface area contributed by atoms with Gasteiger partial charge in [-0.1, -0.05) is 46.1 Å². The second-order valence-electron chi connectivity index (χ2n) is 5.50. The van der Waals surface area contributed by atoms with Crippen LogP contribution in [-0.2, 0) is 6.54 Å². The first-order chi connectivity index (χ1) is 10.0. The fourth-order valence-electron chi connectivity index (χ4n) is 1.97. The lowest BCUT2D eigenvalue weighted by Gasteiger charge is -2.11. The topological polar surface area (TPSA) is 64.4 Å². The first-order valence-electron chi connectivity index (χ1n) is 7.68. The molecule has 0 aliphatic rings. The summed E-state index contributed by atoms with van der Waals surface area (Å²) < 4.78 is 5.62. The molecule has 0 aliphatic carbocycles. The van der Waals surface area contributed by atoms with E-state index in [9.17, 15) is 10.1 Å². The third-order valence-electron chi connectivity index (χ3n) is 3.19. The number of nitro benzene ring substituents is 1. The van der Waals surface area contributed by atoms with Crippen LogP contribution < -0.4 is 10.1 Å². The molecule has 0 radical (unpaired) electrons. The van der Waals surface area contributed by atoms with Crippen molar-refractivity contribution in [1.29, 1.82) is 0 Å². The molecule has 0 fully saturated rings. The number of nitrogens with one attached hydrogen (secondary N) is 1. The summed E-state index contributed by atoms with van der Waals surface area (Å²) in [6.07, 6.45) is 4.36. The van der Waals surface area contributed by atoms with E-state index in [0.717, 1.165) is 24.8 Å². The van der Waals surface area contributed by atoms with Gasteiger partial charge in [0.25, 0.3) is 0 Å². The molecule has 21 heavy (non-hydrogen) atoms. The first kappa shape index (κ1) is 17.4. The Morgan fingerprint density at radius 3 is 2.67 bits per heavy atom. The van der Waals surface area contributed by atoms with E-state index in [1.807, 2.05) is 0 Å². The zero-order valence-electron chi connectivity index (χ0n) is 13.2. The third-order valence-corrected chi connectivity index (χ3v) is 3.19. The number of benzene rings is 1. The van der Waals surface area contributed by atoms with Gasteiger partial charge in [0.2, 0.25) is 0 Å². The molecule has 1 aromatic carbocycles. The van der Waals surface area contributed by atoms with Crippen molar-refractivity contribution in [3.05, 3.63) is 33.9 Å². The minimum absolute atomic E-state index is 0.0405. The Labute approximate surface area is 126 Å². The molecule has 0 amide bonds. The SMILES string of the molecule is CCCCCCOc1cc(CNC(C)C)ccc1[N+](=O)[O-]. The van der Waals surface area contributed by atoms with E-state index in [4.69, 9.17) is 4.74 Å². The van der Waals surface area contributed by atoms with Crippen molar-refractivity contribution >= 4 is 5.69 Å². The van der Waals surface area contributed by atoms with Gasteiger partial charge < -0.3 is 10.1 Å². The van der Waals surface area contributed by atoms with Gasteiger partial charge in [-0.25, -0.2) is 0 Å². The van der Waals surface area contributed by atoms with Crippen LogP contribution >= 0.6 is 0 Å². The third kappa shape index (κ3) is 6.58. The van der Waals surface area contributed by atoms with Gasteiger partial charge in [0, 0.05) is 18.7 Å². The first-order valence-corrected chi connectivity index (χ1v) is 7.68. The molecular formula is C16H26N2O3. The summed E-state index contributed by atoms with van der Waals surface area (Å²) in [4.78, 5) is 10.7. The van der Waals surface area contributed by atoms with Gasteiger partial charge in [0.15, 0.2) is 5.75 Å². The average molecular weight is 294 g/mol. The standard InChI is InChI=1S/C16H26N2O3/c1-4-5-6-7-10-21-16-11-14(12-17-13(2)3)8-9-15(16)18(19)20/h8-9,11,13,17H,4-7,10,12H2,1-3H3. The van der Waals surface area contributed by atoms with Crippen molar-refractivity contribution in [3.63, 3.8) is 0 Å². The molecule has 5 heteroatoms. The van der Waals surface area contributed by atoms with Crippen LogP contribution in [0.3, 0.4) is 0 Å². The molecule has 0 aliphatic heterocycles. The quantitative estimate of drug-likeness (QED) is 0.401. The number of rotatable bonds is 10. The molecule has 0 saturated carbocycles. The van der Waals surface area contributed by atoms with E-state index in [1.54, 1.807) is 12.1 Å². The summed E-state index contributed by atoms with van der Waals surface area (Å²) in [7, 11) is 0. The number of nitro groups is 1. The highest BCUT2D eigenvalue weighted by atomic mass is 16.6. The van der Waals surface area contributed by atoms with E-state index in [-0.39, 0.29) is 10.6 Å². The van der Waals surface area contributed by atoms with Crippen molar-refractivity contribution in [1.82, 2.24) is 5.32 Å². The van der Waals surface area contributed by atoms with Crippen LogP contribution in [0, 0.1) is 10.1 Å².